The van der Waals surface area contributed by atoms with Gasteiger partial charge >= 0.3 is 6.09 Å². The van der Waals surface area contributed by atoms with Gasteiger partial charge in [-0.2, -0.15) is 0 Å². The van der Waals surface area contributed by atoms with E-state index in [0.717, 1.165) is 0 Å². The summed E-state index contributed by atoms with van der Waals surface area (Å²) in [6.45, 7) is 5.39. The number of carbonyl (C=O) groups excluding carboxylic acids is 1. The van der Waals surface area contributed by atoms with Gasteiger partial charge in [0.25, 0.3) is 0 Å². The van der Waals surface area contributed by atoms with E-state index in [0.29, 0.717) is 5.69 Å². The van der Waals surface area contributed by atoms with E-state index in [2.05, 4.69) is 0 Å². The molecule has 0 aliphatic rings. The number of ether oxygens (including phenoxy) is 1. The van der Waals surface area contributed by atoms with Crippen LogP contribution in [0.1, 0.15) is 20.8 Å². The highest BCUT2D eigenvalue weighted by molar-refractivity contribution is 5.87. The Morgan fingerprint density at radius 2 is 1.75 bits per heavy atom. The fourth-order valence-corrected chi connectivity index (χ4v) is 1.10. The molecule has 1 aromatic carbocycles. The van der Waals surface area contributed by atoms with Gasteiger partial charge in [-0.05, 0) is 45.0 Å². The number of carbonyl (C=O) groups is 1. The number of halogens is 1. The van der Waals surface area contributed by atoms with Crippen molar-refractivity contribution in [3.63, 3.8) is 0 Å². The highest BCUT2D eigenvalue weighted by atomic mass is 19.1. The molecule has 0 bridgehead atoms. The van der Waals surface area contributed by atoms with Crippen LogP contribution in [-0.4, -0.2) is 18.7 Å². The van der Waals surface area contributed by atoms with Gasteiger partial charge in [-0.3, -0.25) is 4.90 Å². The molecule has 1 aromatic rings. The first-order valence-electron chi connectivity index (χ1n) is 5.02. The second-order valence-corrected chi connectivity index (χ2v) is 4.52. The van der Waals surface area contributed by atoms with Crippen LogP contribution in [0.15, 0.2) is 24.3 Å². The number of nitrogens with zero attached hydrogens (tertiary/aromatic N) is 1. The molecular weight excluding hydrogens is 209 g/mol. The van der Waals surface area contributed by atoms with Gasteiger partial charge in [-0.1, -0.05) is 0 Å². The molecule has 0 fully saturated rings. The van der Waals surface area contributed by atoms with E-state index >= 15 is 0 Å². The van der Waals surface area contributed by atoms with Crippen LogP contribution >= 0.6 is 0 Å². The third-order valence-electron chi connectivity index (χ3n) is 1.88. The van der Waals surface area contributed by atoms with Crippen molar-refractivity contribution in [1.29, 1.82) is 0 Å². The van der Waals surface area contributed by atoms with Crippen LogP contribution in [-0.2, 0) is 4.74 Å². The summed E-state index contributed by atoms with van der Waals surface area (Å²) in [5, 5.41) is 0. The first-order valence-corrected chi connectivity index (χ1v) is 5.02. The molecule has 0 saturated heterocycles. The molecule has 4 heteroatoms. The maximum atomic E-state index is 12.7. The van der Waals surface area contributed by atoms with E-state index in [-0.39, 0.29) is 5.82 Å². The molecule has 0 aromatic heterocycles. The third kappa shape index (κ3) is 3.53. The van der Waals surface area contributed by atoms with E-state index < -0.39 is 11.7 Å². The molecule has 0 radical (unpaired) electrons. The van der Waals surface area contributed by atoms with Crippen molar-refractivity contribution in [3.8, 4) is 0 Å². The lowest BCUT2D eigenvalue weighted by Crippen LogP contribution is -2.34. The SMILES string of the molecule is CN(C(=O)OC(C)(C)C)c1ccc(F)cc1. The Kier molecular flexibility index (Phi) is 3.52. The number of amides is 1. The number of hydrogen-bond acceptors (Lipinski definition) is 2. The third-order valence-corrected chi connectivity index (χ3v) is 1.88. The van der Waals surface area contributed by atoms with Crippen LogP contribution in [0.5, 0.6) is 0 Å². The molecule has 88 valence electrons. The molecule has 0 N–H and O–H groups in total. The van der Waals surface area contributed by atoms with Crippen molar-refractivity contribution in [2.45, 2.75) is 26.4 Å². The van der Waals surface area contributed by atoms with Gasteiger partial charge in [0, 0.05) is 12.7 Å². The Hall–Kier alpha value is -1.58. The largest absolute Gasteiger partial charge is 0.443 e. The summed E-state index contributed by atoms with van der Waals surface area (Å²) in [6, 6.07) is 5.66. The van der Waals surface area contributed by atoms with Crippen LogP contribution in [0, 0.1) is 5.82 Å². The first-order chi connectivity index (χ1) is 7.29. The molecule has 0 aliphatic heterocycles. The van der Waals surface area contributed by atoms with Crippen molar-refractivity contribution in [2.75, 3.05) is 11.9 Å². The Labute approximate surface area is 94.8 Å². The lowest BCUT2D eigenvalue weighted by Gasteiger charge is -2.24. The van der Waals surface area contributed by atoms with Gasteiger partial charge < -0.3 is 4.74 Å². The Bertz CT molecular complexity index is 368. The highest BCUT2D eigenvalue weighted by Gasteiger charge is 2.20. The van der Waals surface area contributed by atoms with E-state index in [4.69, 9.17) is 4.74 Å². The van der Waals surface area contributed by atoms with Crippen LogP contribution in [0.2, 0.25) is 0 Å². The fourth-order valence-electron chi connectivity index (χ4n) is 1.10. The number of anilines is 1. The maximum absolute atomic E-state index is 12.7. The summed E-state index contributed by atoms with van der Waals surface area (Å²) in [6.07, 6.45) is -0.459. The molecule has 0 unspecified atom stereocenters. The Morgan fingerprint density at radius 1 is 1.25 bits per heavy atom. The molecular formula is C12H16FNO2. The minimum Gasteiger partial charge on any atom is -0.443 e. The lowest BCUT2D eigenvalue weighted by molar-refractivity contribution is 0.0589. The fraction of sp³-hybridized carbons (Fsp3) is 0.417. The smallest absolute Gasteiger partial charge is 0.414 e. The van der Waals surface area contributed by atoms with Crippen LogP contribution in [0.25, 0.3) is 0 Å². The van der Waals surface area contributed by atoms with E-state index in [1.54, 1.807) is 27.8 Å². The molecule has 3 nitrogen and oxygen atoms in total. The topological polar surface area (TPSA) is 29.5 Å². The Balaban J connectivity index is 2.74. The summed E-state index contributed by atoms with van der Waals surface area (Å²) in [7, 11) is 1.58. The maximum Gasteiger partial charge on any atom is 0.414 e. The Morgan fingerprint density at radius 3 is 2.19 bits per heavy atom. The summed E-state index contributed by atoms with van der Waals surface area (Å²) < 4.78 is 17.9. The average Bonchev–Trinajstić information content (AvgIpc) is 2.15. The zero-order valence-corrected chi connectivity index (χ0v) is 9.95. The van der Waals surface area contributed by atoms with Gasteiger partial charge in [-0.15, -0.1) is 0 Å². The highest BCUT2D eigenvalue weighted by Crippen LogP contribution is 2.16. The zero-order valence-electron chi connectivity index (χ0n) is 9.95. The number of hydrogen-bond donors (Lipinski definition) is 0. The summed E-state index contributed by atoms with van der Waals surface area (Å²) >= 11 is 0. The zero-order chi connectivity index (χ0) is 12.3. The minimum atomic E-state index is -0.536. The predicted octanol–water partition coefficient (Wildman–Crippen LogP) is 3.20. The van der Waals surface area contributed by atoms with Crippen molar-refractivity contribution >= 4 is 11.8 Å². The number of benzene rings is 1. The van der Waals surface area contributed by atoms with Crippen LogP contribution in [0.3, 0.4) is 0 Å². The monoisotopic (exact) mass is 225 g/mol. The van der Waals surface area contributed by atoms with Crippen molar-refractivity contribution in [3.05, 3.63) is 30.1 Å². The minimum absolute atomic E-state index is 0.332. The quantitative estimate of drug-likeness (QED) is 0.734. The van der Waals surface area contributed by atoms with Crippen LogP contribution < -0.4 is 4.90 Å². The molecule has 0 atom stereocenters. The molecule has 1 amide bonds. The standard InChI is InChI=1S/C12H16FNO2/c1-12(2,3)16-11(15)14(4)10-7-5-9(13)6-8-10/h5-8H,1-4H3. The van der Waals surface area contributed by atoms with Crippen LogP contribution in [0.4, 0.5) is 14.9 Å². The number of rotatable bonds is 1. The summed E-state index contributed by atoms with van der Waals surface area (Å²) in [5.41, 5.74) is 0.0569. The van der Waals surface area contributed by atoms with Gasteiger partial charge in [0.2, 0.25) is 0 Å². The molecule has 0 heterocycles. The normalized spacial score (nSPS) is 11.1. The van der Waals surface area contributed by atoms with Crippen molar-refractivity contribution < 1.29 is 13.9 Å². The van der Waals surface area contributed by atoms with Crippen molar-refractivity contribution in [2.24, 2.45) is 0 Å². The molecule has 0 saturated carbocycles. The molecule has 0 aliphatic carbocycles. The van der Waals surface area contributed by atoms with Gasteiger partial charge in [-0.25, -0.2) is 9.18 Å². The summed E-state index contributed by atoms with van der Waals surface area (Å²) in [4.78, 5) is 13.0. The lowest BCUT2D eigenvalue weighted by atomic mass is 10.2. The predicted molar refractivity (Wildman–Crippen MR) is 61.0 cm³/mol. The van der Waals surface area contributed by atoms with E-state index in [9.17, 15) is 9.18 Å². The molecule has 1 rings (SSSR count). The second-order valence-electron chi connectivity index (χ2n) is 4.52. The van der Waals surface area contributed by atoms with Crippen molar-refractivity contribution in [1.82, 2.24) is 0 Å². The van der Waals surface area contributed by atoms with Gasteiger partial charge in [0.1, 0.15) is 11.4 Å². The van der Waals surface area contributed by atoms with Gasteiger partial charge in [0.15, 0.2) is 0 Å². The second kappa shape index (κ2) is 4.51. The summed E-state index contributed by atoms with van der Waals surface area (Å²) in [5.74, 6) is -0.332. The average molecular weight is 225 g/mol. The molecule has 16 heavy (non-hydrogen) atoms. The van der Waals surface area contributed by atoms with Gasteiger partial charge in [0.05, 0.1) is 0 Å². The van der Waals surface area contributed by atoms with E-state index in [1.807, 2.05) is 0 Å². The van der Waals surface area contributed by atoms with E-state index in [1.165, 1.54) is 29.2 Å². The first kappa shape index (κ1) is 12.5. The molecule has 0 spiro atoms.